The van der Waals surface area contributed by atoms with E-state index in [4.69, 9.17) is 4.74 Å². The second kappa shape index (κ2) is 6.17. The van der Waals surface area contributed by atoms with Crippen molar-refractivity contribution in [2.24, 2.45) is 0 Å². The number of hydrogen-bond donors (Lipinski definition) is 1. The van der Waals surface area contributed by atoms with Crippen molar-refractivity contribution < 1.29 is 9.53 Å². The minimum Gasteiger partial charge on any atom is -0.465 e. The Hall–Kier alpha value is -1.49. The summed E-state index contributed by atoms with van der Waals surface area (Å²) >= 11 is 0. The molecule has 16 heavy (non-hydrogen) atoms. The fourth-order valence-electron chi connectivity index (χ4n) is 1.21. The Morgan fingerprint density at radius 2 is 2.38 bits per heavy atom. The van der Waals surface area contributed by atoms with Crippen LogP contribution in [0.2, 0.25) is 0 Å². The van der Waals surface area contributed by atoms with Crippen LogP contribution < -0.4 is 5.32 Å². The average Bonchev–Trinajstić information content (AvgIpc) is 2.26. The molecule has 0 bridgehead atoms. The molecule has 0 radical (unpaired) electrons. The molecule has 1 aromatic rings. The van der Waals surface area contributed by atoms with E-state index in [9.17, 15) is 4.79 Å². The first-order valence-electron chi connectivity index (χ1n) is 5.32. The Balaban J connectivity index is 2.42. The summed E-state index contributed by atoms with van der Waals surface area (Å²) in [6, 6.07) is 1.49. The Bertz CT molecular complexity index is 355. The second-order valence-corrected chi connectivity index (χ2v) is 3.45. The number of nitrogens with zero attached hydrogens (tertiary/aromatic N) is 2. The van der Waals surface area contributed by atoms with Crippen molar-refractivity contribution in [3.05, 3.63) is 23.8 Å². The maximum Gasteiger partial charge on any atom is 0.322 e. The Kier molecular flexibility index (Phi) is 4.85. The summed E-state index contributed by atoms with van der Waals surface area (Å²) in [4.78, 5) is 19.5. The van der Waals surface area contributed by atoms with E-state index in [1.54, 1.807) is 20.0 Å². The normalized spacial score (nSPS) is 12.2. The van der Waals surface area contributed by atoms with Crippen LogP contribution in [0.1, 0.15) is 25.4 Å². The smallest absolute Gasteiger partial charge is 0.322 e. The first-order chi connectivity index (χ1) is 7.63. The van der Waals surface area contributed by atoms with Crippen molar-refractivity contribution in [3.8, 4) is 0 Å². The molecule has 0 saturated heterocycles. The lowest BCUT2D eigenvalue weighted by Gasteiger charge is -2.11. The van der Waals surface area contributed by atoms with Crippen LogP contribution in [0.25, 0.3) is 0 Å². The zero-order valence-corrected chi connectivity index (χ0v) is 9.86. The van der Waals surface area contributed by atoms with Gasteiger partial charge in [-0.05, 0) is 26.8 Å². The minimum atomic E-state index is -0.324. The molecule has 1 heterocycles. The monoisotopic (exact) mass is 223 g/mol. The third-order valence-electron chi connectivity index (χ3n) is 2.06. The van der Waals surface area contributed by atoms with E-state index in [-0.39, 0.29) is 12.0 Å². The number of esters is 1. The van der Waals surface area contributed by atoms with Crippen LogP contribution in [0.5, 0.6) is 0 Å². The summed E-state index contributed by atoms with van der Waals surface area (Å²) in [5.41, 5.74) is 0.864. The van der Waals surface area contributed by atoms with Gasteiger partial charge in [0.05, 0.1) is 12.3 Å². The van der Waals surface area contributed by atoms with E-state index in [2.05, 4.69) is 15.3 Å². The van der Waals surface area contributed by atoms with Crippen LogP contribution >= 0.6 is 0 Å². The van der Waals surface area contributed by atoms with Gasteiger partial charge in [-0.25, -0.2) is 9.97 Å². The summed E-state index contributed by atoms with van der Waals surface area (Å²) in [5, 5.41) is 3.05. The minimum absolute atomic E-state index is 0.242. The van der Waals surface area contributed by atoms with E-state index >= 15 is 0 Å². The highest BCUT2D eigenvalue weighted by molar-refractivity contribution is 5.75. The molecule has 88 valence electrons. The summed E-state index contributed by atoms with van der Waals surface area (Å²) in [6.45, 7) is 6.32. The van der Waals surface area contributed by atoms with Gasteiger partial charge in [-0.3, -0.25) is 10.1 Å². The fourth-order valence-corrected chi connectivity index (χ4v) is 1.21. The van der Waals surface area contributed by atoms with Crippen molar-refractivity contribution >= 4 is 5.97 Å². The SMILES string of the molecule is CCOC(=O)C(C)NCc1ccnc(C)n1. The van der Waals surface area contributed by atoms with E-state index in [1.165, 1.54) is 0 Å². The number of aromatic nitrogens is 2. The molecule has 5 nitrogen and oxygen atoms in total. The summed E-state index contributed by atoms with van der Waals surface area (Å²) in [5.74, 6) is 0.483. The topological polar surface area (TPSA) is 64.1 Å². The molecule has 0 spiro atoms. The van der Waals surface area contributed by atoms with E-state index < -0.39 is 0 Å². The fraction of sp³-hybridized carbons (Fsp3) is 0.545. The molecule has 1 atom stereocenters. The third kappa shape index (κ3) is 3.94. The number of carbonyl (C=O) groups excluding carboxylic acids is 1. The lowest BCUT2D eigenvalue weighted by atomic mass is 10.3. The maximum atomic E-state index is 11.3. The molecule has 0 aliphatic heterocycles. The number of nitrogens with one attached hydrogen (secondary N) is 1. The van der Waals surface area contributed by atoms with Gasteiger partial charge in [-0.2, -0.15) is 0 Å². The maximum absolute atomic E-state index is 11.3. The van der Waals surface area contributed by atoms with Gasteiger partial charge in [0.2, 0.25) is 0 Å². The van der Waals surface area contributed by atoms with Gasteiger partial charge < -0.3 is 4.74 Å². The third-order valence-corrected chi connectivity index (χ3v) is 2.06. The predicted octanol–water partition coefficient (Wildman–Crippen LogP) is 0.826. The van der Waals surface area contributed by atoms with Crippen molar-refractivity contribution in [1.82, 2.24) is 15.3 Å². The van der Waals surface area contributed by atoms with Gasteiger partial charge in [0.1, 0.15) is 11.9 Å². The van der Waals surface area contributed by atoms with Crippen molar-refractivity contribution in [3.63, 3.8) is 0 Å². The highest BCUT2D eigenvalue weighted by atomic mass is 16.5. The standard InChI is InChI=1S/C11H17N3O2/c1-4-16-11(15)8(2)13-7-10-5-6-12-9(3)14-10/h5-6,8,13H,4,7H2,1-3H3. The molecule has 1 N–H and O–H groups in total. The number of hydrogen-bond acceptors (Lipinski definition) is 5. The number of ether oxygens (including phenoxy) is 1. The van der Waals surface area contributed by atoms with Crippen LogP contribution in [-0.4, -0.2) is 28.6 Å². The van der Waals surface area contributed by atoms with Gasteiger partial charge in [-0.15, -0.1) is 0 Å². The highest BCUT2D eigenvalue weighted by Crippen LogP contribution is 1.96. The van der Waals surface area contributed by atoms with E-state index in [1.807, 2.05) is 13.0 Å². The van der Waals surface area contributed by atoms with Crippen LogP contribution in [-0.2, 0) is 16.1 Å². The molecular formula is C11H17N3O2. The van der Waals surface area contributed by atoms with Crippen molar-refractivity contribution in [2.45, 2.75) is 33.4 Å². The molecule has 0 saturated carbocycles. The van der Waals surface area contributed by atoms with E-state index in [0.29, 0.717) is 13.2 Å². The van der Waals surface area contributed by atoms with Gasteiger partial charge in [0.15, 0.2) is 0 Å². The molecule has 0 aromatic carbocycles. The largest absolute Gasteiger partial charge is 0.465 e. The highest BCUT2D eigenvalue weighted by Gasteiger charge is 2.12. The van der Waals surface area contributed by atoms with Crippen LogP contribution in [0.3, 0.4) is 0 Å². The van der Waals surface area contributed by atoms with Crippen molar-refractivity contribution in [1.29, 1.82) is 0 Å². The predicted molar refractivity (Wildman–Crippen MR) is 59.7 cm³/mol. The zero-order valence-electron chi connectivity index (χ0n) is 9.86. The molecule has 1 unspecified atom stereocenters. The Morgan fingerprint density at radius 3 is 3.00 bits per heavy atom. The molecule has 1 aromatic heterocycles. The molecule has 0 amide bonds. The molecule has 0 aliphatic carbocycles. The molecule has 0 aliphatic rings. The molecule has 0 fully saturated rings. The summed E-state index contributed by atoms with van der Waals surface area (Å²) < 4.78 is 4.88. The Labute approximate surface area is 95.3 Å². The number of aryl methyl sites for hydroxylation is 1. The quantitative estimate of drug-likeness (QED) is 0.749. The van der Waals surface area contributed by atoms with Crippen LogP contribution in [0.15, 0.2) is 12.3 Å². The molecule has 1 rings (SSSR count). The lowest BCUT2D eigenvalue weighted by Crippen LogP contribution is -2.35. The zero-order chi connectivity index (χ0) is 12.0. The average molecular weight is 223 g/mol. The molecular weight excluding hydrogens is 206 g/mol. The van der Waals surface area contributed by atoms with Crippen LogP contribution in [0, 0.1) is 6.92 Å². The Morgan fingerprint density at radius 1 is 1.62 bits per heavy atom. The number of carbonyl (C=O) groups is 1. The van der Waals surface area contributed by atoms with Gasteiger partial charge in [0.25, 0.3) is 0 Å². The van der Waals surface area contributed by atoms with Gasteiger partial charge in [0, 0.05) is 12.7 Å². The van der Waals surface area contributed by atoms with Gasteiger partial charge >= 0.3 is 5.97 Å². The molecule has 5 heteroatoms. The van der Waals surface area contributed by atoms with Crippen LogP contribution in [0.4, 0.5) is 0 Å². The van der Waals surface area contributed by atoms with E-state index in [0.717, 1.165) is 11.5 Å². The lowest BCUT2D eigenvalue weighted by molar-refractivity contribution is -0.145. The first-order valence-corrected chi connectivity index (χ1v) is 5.32. The van der Waals surface area contributed by atoms with Crippen molar-refractivity contribution in [2.75, 3.05) is 6.61 Å². The second-order valence-electron chi connectivity index (χ2n) is 3.45. The first kappa shape index (κ1) is 12.6. The van der Waals surface area contributed by atoms with Gasteiger partial charge in [-0.1, -0.05) is 0 Å². The number of rotatable bonds is 5. The summed E-state index contributed by atoms with van der Waals surface area (Å²) in [6.07, 6.45) is 1.70. The summed E-state index contributed by atoms with van der Waals surface area (Å²) in [7, 11) is 0.